The van der Waals surface area contributed by atoms with Gasteiger partial charge in [-0.3, -0.25) is 14.5 Å². The number of hydrogen-bond acceptors (Lipinski definition) is 7. The highest BCUT2D eigenvalue weighted by atomic mass is 35.5. The fourth-order valence-corrected chi connectivity index (χ4v) is 4.47. The zero-order chi connectivity index (χ0) is 25.6. The molecule has 1 atom stereocenters. The first kappa shape index (κ1) is 24.7. The van der Waals surface area contributed by atoms with Crippen LogP contribution in [0.5, 0.6) is 0 Å². The van der Waals surface area contributed by atoms with Crippen molar-refractivity contribution >= 4 is 29.1 Å². The Bertz CT molecular complexity index is 1350. The third kappa shape index (κ3) is 6.25. The van der Waals surface area contributed by atoms with E-state index in [0.29, 0.717) is 46.8 Å². The van der Waals surface area contributed by atoms with Gasteiger partial charge >= 0.3 is 0 Å². The highest BCUT2D eigenvalue weighted by molar-refractivity contribution is 6.30. The highest BCUT2D eigenvalue weighted by Crippen LogP contribution is 2.23. The van der Waals surface area contributed by atoms with Crippen LogP contribution >= 0.6 is 11.6 Å². The number of hydrogen-bond donors (Lipinski definition) is 2. The molecule has 1 aliphatic rings. The van der Waals surface area contributed by atoms with Gasteiger partial charge in [-0.05, 0) is 67.9 Å². The average molecular weight is 520 g/mol. The lowest BCUT2D eigenvalue weighted by molar-refractivity contribution is -0.121. The fourth-order valence-electron chi connectivity index (χ4n) is 4.34. The lowest BCUT2D eigenvalue weighted by atomic mass is 9.96. The maximum atomic E-state index is 13.2. The van der Waals surface area contributed by atoms with Gasteiger partial charge in [0.25, 0.3) is 5.91 Å². The van der Waals surface area contributed by atoms with Gasteiger partial charge in [0.15, 0.2) is 0 Å². The molecule has 190 valence electrons. The molecular weight excluding hydrogens is 494 g/mol. The van der Waals surface area contributed by atoms with Gasteiger partial charge in [0.05, 0.1) is 36.5 Å². The van der Waals surface area contributed by atoms with E-state index in [1.807, 2.05) is 12.1 Å². The number of nitrogens with one attached hydrogen (secondary N) is 2. The summed E-state index contributed by atoms with van der Waals surface area (Å²) in [4.78, 5) is 32.5. The second kappa shape index (κ2) is 11.4. The van der Waals surface area contributed by atoms with E-state index in [1.54, 1.807) is 54.8 Å². The first-order chi connectivity index (χ1) is 18.0. The molecule has 1 saturated heterocycles. The van der Waals surface area contributed by atoms with Crippen molar-refractivity contribution in [2.24, 2.45) is 5.92 Å². The van der Waals surface area contributed by atoms with Crippen LogP contribution < -0.4 is 10.6 Å². The van der Waals surface area contributed by atoms with E-state index in [-0.39, 0.29) is 24.3 Å². The number of carbonyl (C=O) groups is 2. The molecule has 1 aliphatic heterocycles. The van der Waals surface area contributed by atoms with Gasteiger partial charge in [0, 0.05) is 17.1 Å². The van der Waals surface area contributed by atoms with Crippen molar-refractivity contribution in [1.82, 2.24) is 20.4 Å². The van der Waals surface area contributed by atoms with Crippen molar-refractivity contribution in [2.45, 2.75) is 25.9 Å². The standard InChI is InChI=1S/C27H26ClN5O4/c28-20-11-9-18(10-12-20)25-31-24(37-32-25)17-33-13-3-5-19(16-33)26(34)30-23-8-2-1-7-22(23)27(35)29-15-21-6-4-14-36-21/h1-2,4,6-12,14,19H,3,5,13,15-17H2,(H,29,35)(H,30,34). The van der Waals surface area contributed by atoms with Crippen LogP contribution in [0.3, 0.4) is 0 Å². The number of halogens is 1. The van der Waals surface area contributed by atoms with Crippen LogP contribution in [0.2, 0.25) is 5.02 Å². The molecule has 0 aliphatic carbocycles. The van der Waals surface area contributed by atoms with Crippen molar-refractivity contribution in [2.75, 3.05) is 18.4 Å². The van der Waals surface area contributed by atoms with Gasteiger partial charge in [0.1, 0.15) is 5.76 Å². The first-order valence-corrected chi connectivity index (χ1v) is 12.4. The van der Waals surface area contributed by atoms with Crippen molar-refractivity contribution < 1.29 is 18.5 Å². The summed E-state index contributed by atoms with van der Waals surface area (Å²) in [5, 5.41) is 10.5. The zero-order valence-electron chi connectivity index (χ0n) is 20.0. The molecule has 2 aromatic carbocycles. The van der Waals surface area contributed by atoms with Crippen LogP contribution in [0, 0.1) is 5.92 Å². The molecule has 2 aromatic heterocycles. The van der Waals surface area contributed by atoms with Crippen molar-refractivity contribution in [3.63, 3.8) is 0 Å². The Kier molecular flexibility index (Phi) is 7.62. The minimum Gasteiger partial charge on any atom is -0.467 e. The Morgan fingerprint density at radius 3 is 2.73 bits per heavy atom. The van der Waals surface area contributed by atoms with Gasteiger partial charge < -0.3 is 19.6 Å². The maximum Gasteiger partial charge on any atom is 0.253 e. The molecule has 3 heterocycles. The molecule has 0 saturated carbocycles. The van der Waals surface area contributed by atoms with E-state index in [0.717, 1.165) is 24.9 Å². The lowest BCUT2D eigenvalue weighted by Gasteiger charge is -2.31. The van der Waals surface area contributed by atoms with Gasteiger partial charge in [-0.1, -0.05) is 28.9 Å². The van der Waals surface area contributed by atoms with E-state index in [2.05, 4.69) is 25.7 Å². The number of carbonyl (C=O) groups excluding carboxylic acids is 2. The Hall–Kier alpha value is -3.95. The number of furan rings is 1. The molecule has 9 nitrogen and oxygen atoms in total. The summed E-state index contributed by atoms with van der Waals surface area (Å²) in [6, 6.07) is 17.8. The molecule has 1 fully saturated rings. The number of amides is 2. The fraction of sp³-hybridized carbons (Fsp3) is 0.259. The predicted octanol–water partition coefficient (Wildman–Crippen LogP) is 4.76. The SMILES string of the molecule is O=C(NCc1ccco1)c1ccccc1NC(=O)C1CCCN(Cc2nc(-c3ccc(Cl)cc3)no2)C1. The molecule has 37 heavy (non-hydrogen) atoms. The second-order valence-electron chi connectivity index (χ2n) is 8.89. The van der Waals surface area contributed by atoms with Gasteiger partial charge in [-0.2, -0.15) is 4.98 Å². The Balaban J connectivity index is 1.19. The summed E-state index contributed by atoms with van der Waals surface area (Å²) in [5.74, 6) is 1.00. The first-order valence-electron chi connectivity index (χ1n) is 12.1. The van der Waals surface area contributed by atoms with Crippen molar-refractivity contribution in [1.29, 1.82) is 0 Å². The summed E-state index contributed by atoms with van der Waals surface area (Å²) in [6.45, 7) is 2.10. The molecular formula is C27H26ClN5O4. The highest BCUT2D eigenvalue weighted by Gasteiger charge is 2.28. The topological polar surface area (TPSA) is 114 Å². The average Bonchev–Trinajstić information content (AvgIpc) is 3.61. The summed E-state index contributed by atoms with van der Waals surface area (Å²) in [5.41, 5.74) is 1.70. The molecule has 2 N–H and O–H groups in total. The van der Waals surface area contributed by atoms with Crippen LogP contribution in [-0.4, -0.2) is 39.9 Å². The van der Waals surface area contributed by atoms with Gasteiger partial charge in [-0.25, -0.2) is 0 Å². The van der Waals surface area contributed by atoms with Gasteiger partial charge in [0.2, 0.25) is 17.6 Å². The van der Waals surface area contributed by atoms with Crippen molar-refractivity contribution in [3.8, 4) is 11.4 Å². The quantitative estimate of drug-likeness (QED) is 0.345. The number of nitrogens with zero attached hydrogens (tertiary/aromatic N) is 3. The monoisotopic (exact) mass is 519 g/mol. The number of rotatable bonds is 8. The zero-order valence-corrected chi connectivity index (χ0v) is 20.8. The summed E-state index contributed by atoms with van der Waals surface area (Å²) in [7, 11) is 0. The van der Waals surface area contributed by atoms with E-state index in [4.69, 9.17) is 20.5 Å². The Labute approximate surface area is 218 Å². The minimum atomic E-state index is -0.287. The third-order valence-electron chi connectivity index (χ3n) is 6.24. The number of aromatic nitrogens is 2. The Morgan fingerprint density at radius 1 is 1.08 bits per heavy atom. The minimum absolute atomic E-state index is 0.122. The van der Waals surface area contributed by atoms with Crippen LogP contribution in [0.4, 0.5) is 5.69 Å². The van der Waals surface area contributed by atoms with E-state index >= 15 is 0 Å². The van der Waals surface area contributed by atoms with Gasteiger partial charge in [-0.15, -0.1) is 0 Å². The van der Waals surface area contributed by atoms with E-state index < -0.39 is 0 Å². The second-order valence-corrected chi connectivity index (χ2v) is 9.33. The predicted molar refractivity (Wildman–Crippen MR) is 138 cm³/mol. The van der Waals surface area contributed by atoms with Crippen LogP contribution in [0.1, 0.15) is 34.9 Å². The molecule has 1 unspecified atom stereocenters. The number of para-hydroxylation sites is 1. The molecule has 4 aromatic rings. The van der Waals surface area contributed by atoms with E-state index in [9.17, 15) is 9.59 Å². The summed E-state index contributed by atoms with van der Waals surface area (Å²) in [6.07, 6.45) is 3.18. The van der Waals surface area contributed by atoms with E-state index in [1.165, 1.54) is 0 Å². The normalized spacial score (nSPS) is 15.9. The lowest BCUT2D eigenvalue weighted by Crippen LogP contribution is -2.40. The Morgan fingerprint density at radius 2 is 1.92 bits per heavy atom. The summed E-state index contributed by atoms with van der Waals surface area (Å²) >= 11 is 5.95. The third-order valence-corrected chi connectivity index (χ3v) is 6.49. The molecule has 5 rings (SSSR count). The van der Waals surface area contributed by atoms with Crippen LogP contribution in [-0.2, 0) is 17.9 Å². The molecule has 10 heteroatoms. The number of piperidine rings is 1. The van der Waals surface area contributed by atoms with Crippen molar-refractivity contribution in [3.05, 3.63) is 89.2 Å². The largest absolute Gasteiger partial charge is 0.467 e. The van der Waals surface area contributed by atoms with Crippen LogP contribution in [0.25, 0.3) is 11.4 Å². The number of anilines is 1. The molecule has 0 spiro atoms. The van der Waals surface area contributed by atoms with Crippen LogP contribution in [0.15, 0.2) is 75.9 Å². The number of likely N-dealkylation sites (tertiary alicyclic amines) is 1. The maximum absolute atomic E-state index is 13.2. The molecule has 0 radical (unpaired) electrons. The summed E-state index contributed by atoms with van der Waals surface area (Å²) < 4.78 is 10.7. The number of benzene rings is 2. The molecule has 2 amide bonds. The molecule has 0 bridgehead atoms. The smallest absolute Gasteiger partial charge is 0.253 e.